The van der Waals surface area contributed by atoms with E-state index in [2.05, 4.69) is 26.1 Å². The zero-order valence-corrected chi connectivity index (χ0v) is 13.8. The Bertz CT molecular complexity index is 531. The summed E-state index contributed by atoms with van der Waals surface area (Å²) in [5.74, 6) is -0.302. The van der Waals surface area contributed by atoms with Crippen molar-refractivity contribution in [1.82, 2.24) is 5.32 Å². The molecule has 1 saturated carbocycles. The van der Waals surface area contributed by atoms with Crippen LogP contribution in [-0.4, -0.2) is 22.7 Å². The molecule has 0 aromatic heterocycles. The van der Waals surface area contributed by atoms with Crippen molar-refractivity contribution in [2.75, 3.05) is 6.54 Å². The molecule has 2 atom stereocenters. The van der Waals surface area contributed by atoms with Gasteiger partial charge in [0.1, 0.15) is 10.8 Å². The van der Waals surface area contributed by atoms with Crippen molar-refractivity contribution in [3.63, 3.8) is 0 Å². The molecule has 0 amide bonds. The molecule has 0 spiro atoms. The van der Waals surface area contributed by atoms with Crippen LogP contribution in [0.5, 0.6) is 0 Å². The van der Waals surface area contributed by atoms with Crippen LogP contribution in [0.2, 0.25) is 0 Å². The van der Waals surface area contributed by atoms with Crippen LogP contribution >= 0.6 is 12.2 Å². The topological polar surface area (TPSA) is 32.3 Å². The maximum atomic E-state index is 13.7. The van der Waals surface area contributed by atoms with Gasteiger partial charge < -0.3 is 10.4 Å². The van der Waals surface area contributed by atoms with Crippen LogP contribution in [0, 0.1) is 16.6 Å². The Kier molecular flexibility index (Phi) is 4.69. The fourth-order valence-electron chi connectivity index (χ4n) is 3.75. The Morgan fingerprint density at radius 1 is 1.33 bits per heavy atom. The molecule has 1 aromatic carbocycles. The lowest BCUT2D eigenvalue weighted by molar-refractivity contribution is -0.00680. The molecular formula is C17H24FNOS. The van der Waals surface area contributed by atoms with E-state index in [1.54, 1.807) is 18.2 Å². The second-order valence-corrected chi connectivity index (χ2v) is 7.78. The second-order valence-electron chi connectivity index (χ2n) is 7.38. The lowest BCUT2D eigenvalue weighted by Gasteiger charge is -2.45. The zero-order valence-electron chi connectivity index (χ0n) is 12.9. The number of nitrogens with one attached hydrogen (secondary N) is 1. The minimum absolute atomic E-state index is 0.0313. The van der Waals surface area contributed by atoms with Crippen LogP contribution in [-0.2, 0) is 0 Å². The van der Waals surface area contributed by atoms with Gasteiger partial charge in [-0.05, 0) is 42.2 Å². The Labute approximate surface area is 131 Å². The second kappa shape index (κ2) is 6.01. The summed E-state index contributed by atoms with van der Waals surface area (Å²) >= 11 is 5.30. The fraction of sp³-hybridized carbons (Fsp3) is 0.588. The van der Waals surface area contributed by atoms with Gasteiger partial charge in [-0.3, -0.25) is 0 Å². The number of benzene rings is 1. The molecule has 1 aromatic rings. The molecule has 2 rings (SSSR count). The van der Waals surface area contributed by atoms with Crippen LogP contribution in [0.1, 0.15) is 45.6 Å². The van der Waals surface area contributed by atoms with Gasteiger partial charge >= 0.3 is 0 Å². The molecule has 1 aliphatic carbocycles. The van der Waals surface area contributed by atoms with Crippen LogP contribution < -0.4 is 5.32 Å². The Hall–Kier alpha value is -1.00. The predicted octanol–water partition coefficient (Wildman–Crippen LogP) is 3.67. The van der Waals surface area contributed by atoms with E-state index in [1.807, 2.05) is 0 Å². The number of hydrogen-bond acceptors (Lipinski definition) is 2. The summed E-state index contributed by atoms with van der Waals surface area (Å²) in [4.78, 5) is 0.437. The maximum Gasteiger partial charge on any atom is 0.133 e. The van der Waals surface area contributed by atoms with Gasteiger partial charge in [-0.15, -0.1) is 0 Å². The van der Waals surface area contributed by atoms with Gasteiger partial charge in [0.25, 0.3) is 0 Å². The van der Waals surface area contributed by atoms with Gasteiger partial charge in [0.05, 0.1) is 6.10 Å². The van der Waals surface area contributed by atoms with Crippen molar-refractivity contribution in [3.05, 3.63) is 35.6 Å². The van der Waals surface area contributed by atoms with Crippen LogP contribution in [0.15, 0.2) is 24.3 Å². The number of rotatable bonds is 3. The van der Waals surface area contributed by atoms with Gasteiger partial charge in [-0.1, -0.05) is 45.1 Å². The van der Waals surface area contributed by atoms with Crippen LogP contribution in [0.25, 0.3) is 0 Å². The van der Waals surface area contributed by atoms with Gasteiger partial charge in [-0.2, -0.15) is 0 Å². The highest BCUT2D eigenvalue weighted by Crippen LogP contribution is 2.45. The normalized spacial score (nSPS) is 28.1. The van der Waals surface area contributed by atoms with Crippen molar-refractivity contribution < 1.29 is 9.50 Å². The molecule has 0 radical (unpaired) electrons. The summed E-state index contributed by atoms with van der Waals surface area (Å²) in [6.07, 6.45) is 2.33. The SMILES string of the molecule is CC1(C)CC(O)CC(C)(CNC(=S)c2ccccc2F)C1. The largest absolute Gasteiger partial charge is 0.393 e. The van der Waals surface area contributed by atoms with E-state index in [1.165, 1.54) is 6.07 Å². The minimum Gasteiger partial charge on any atom is -0.393 e. The van der Waals surface area contributed by atoms with Crippen molar-refractivity contribution in [3.8, 4) is 0 Å². The van der Waals surface area contributed by atoms with Gasteiger partial charge in [0.15, 0.2) is 0 Å². The average molecular weight is 309 g/mol. The third-order valence-corrected chi connectivity index (χ3v) is 4.58. The van der Waals surface area contributed by atoms with Gasteiger partial charge in [0, 0.05) is 12.1 Å². The van der Waals surface area contributed by atoms with E-state index in [-0.39, 0.29) is 22.8 Å². The van der Waals surface area contributed by atoms with E-state index in [4.69, 9.17) is 12.2 Å². The smallest absolute Gasteiger partial charge is 0.133 e. The van der Waals surface area contributed by atoms with E-state index in [0.717, 1.165) is 19.3 Å². The standard InChI is InChI=1S/C17H24FNOS/c1-16(2)8-12(20)9-17(3,10-16)11-19-15(21)13-6-4-5-7-14(13)18/h4-7,12,20H,8-11H2,1-3H3,(H,19,21). The molecule has 4 heteroatoms. The van der Waals surface area contributed by atoms with Crippen molar-refractivity contribution in [1.29, 1.82) is 0 Å². The molecule has 2 N–H and O–H groups in total. The molecule has 0 heterocycles. The third-order valence-electron chi connectivity index (χ3n) is 4.22. The van der Waals surface area contributed by atoms with Crippen molar-refractivity contribution in [2.45, 2.75) is 46.1 Å². The van der Waals surface area contributed by atoms with Crippen molar-refractivity contribution >= 4 is 17.2 Å². The quantitative estimate of drug-likeness (QED) is 0.836. The lowest BCUT2D eigenvalue weighted by Crippen LogP contribution is -2.45. The monoisotopic (exact) mass is 309 g/mol. The molecule has 0 bridgehead atoms. The number of hydrogen-bond donors (Lipinski definition) is 2. The molecule has 1 aliphatic rings. The Balaban J connectivity index is 2.02. The first-order valence-electron chi connectivity index (χ1n) is 7.42. The number of aliphatic hydroxyl groups excluding tert-OH is 1. The molecule has 0 aliphatic heterocycles. The highest BCUT2D eigenvalue weighted by molar-refractivity contribution is 7.80. The molecule has 21 heavy (non-hydrogen) atoms. The van der Waals surface area contributed by atoms with E-state index in [0.29, 0.717) is 17.1 Å². The van der Waals surface area contributed by atoms with Gasteiger partial charge in [-0.25, -0.2) is 4.39 Å². The van der Waals surface area contributed by atoms with E-state index < -0.39 is 0 Å². The highest BCUT2D eigenvalue weighted by atomic mass is 32.1. The Morgan fingerprint density at radius 2 is 2.00 bits per heavy atom. The first kappa shape index (κ1) is 16.4. The number of thiocarbonyl (C=S) groups is 1. The molecule has 2 nitrogen and oxygen atoms in total. The summed E-state index contributed by atoms with van der Waals surface area (Å²) in [5.41, 5.74) is 0.524. The first-order chi connectivity index (χ1) is 9.71. The van der Waals surface area contributed by atoms with E-state index in [9.17, 15) is 9.50 Å². The summed E-state index contributed by atoms with van der Waals surface area (Å²) < 4.78 is 13.7. The Morgan fingerprint density at radius 3 is 2.62 bits per heavy atom. The summed E-state index contributed by atoms with van der Waals surface area (Å²) in [6.45, 7) is 7.18. The zero-order chi connectivity index (χ0) is 15.7. The number of aliphatic hydroxyl groups is 1. The predicted molar refractivity (Wildman–Crippen MR) is 87.8 cm³/mol. The molecule has 1 fully saturated rings. The lowest BCUT2D eigenvalue weighted by atomic mass is 9.63. The molecule has 116 valence electrons. The summed E-state index contributed by atoms with van der Waals surface area (Å²) in [5, 5.41) is 13.3. The summed E-state index contributed by atoms with van der Waals surface area (Å²) in [6, 6.07) is 6.54. The first-order valence-corrected chi connectivity index (χ1v) is 7.82. The molecular weight excluding hydrogens is 285 g/mol. The molecule has 2 unspecified atom stereocenters. The van der Waals surface area contributed by atoms with Crippen LogP contribution in [0.3, 0.4) is 0 Å². The van der Waals surface area contributed by atoms with Gasteiger partial charge in [0.2, 0.25) is 0 Å². The maximum absolute atomic E-state index is 13.7. The number of halogens is 1. The minimum atomic E-state index is -0.302. The fourth-order valence-corrected chi connectivity index (χ4v) is 3.99. The van der Waals surface area contributed by atoms with Crippen LogP contribution in [0.4, 0.5) is 4.39 Å². The highest BCUT2D eigenvalue weighted by Gasteiger charge is 2.40. The average Bonchev–Trinajstić information content (AvgIpc) is 2.33. The summed E-state index contributed by atoms with van der Waals surface area (Å²) in [7, 11) is 0. The van der Waals surface area contributed by atoms with Crippen molar-refractivity contribution in [2.24, 2.45) is 10.8 Å². The van der Waals surface area contributed by atoms with E-state index >= 15 is 0 Å². The third kappa shape index (κ3) is 4.24. The molecule has 0 saturated heterocycles.